The molecule has 0 bridgehead atoms. The number of hydrogen-bond acceptors (Lipinski definition) is 2. The van der Waals surface area contributed by atoms with Crippen molar-refractivity contribution >= 4 is 0 Å². The summed E-state index contributed by atoms with van der Waals surface area (Å²) in [5, 5.41) is 3.79. The zero-order chi connectivity index (χ0) is 14.1. The summed E-state index contributed by atoms with van der Waals surface area (Å²) in [6.07, 6.45) is 9.74. The first-order valence-corrected chi connectivity index (χ1v) is 8.61. The van der Waals surface area contributed by atoms with Gasteiger partial charge >= 0.3 is 0 Å². The Morgan fingerprint density at radius 2 is 1.95 bits per heavy atom. The second-order valence-corrected chi connectivity index (χ2v) is 6.08. The van der Waals surface area contributed by atoms with Crippen molar-refractivity contribution in [3.8, 4) is 0 Å². The summed E-state index contributed by atoms with van der Waals surface area (Å²) in [5.74, 6) is 1.77. The van der Waals surface area contributed by atoms with Crippen molar-refractivity contribution in [2.45, 2.75) is 84.8 Å². The average Bonchev–Trinajstić information content (AvgIpc) is 2.46. The molecule has 1 N–H and O–H groups in total. The molecule has 0 aromatic heterocycles. The maximum Gasteiger partial charge on any atom is 0.0727 e. The van der Waals surface area contributed by atoms with Crippen LogP contribution in [0.25, 0.3) is 0 Å². The highest BCUT2D eigenvalue weighted by atomic mass is 16.5. The molecule has 1 rings (SSSR count). The number of nitrogens with one attached hydrogen (secondary N) is 1. The summed E-state index contributed by atoms with van der Waals surface area (Å²) in [5.41, 5.74) is 0. The van der Waals surface area contributed by atoms with Crippen molar-refractivity contribution in [3.63, 3.8) is 0 Å². The molecule has 0 aliphatic heterocycles. The van der Waals surface area contributed by atoms with Crippen LogP contribution in [0.5, 0.6) is 0 Å². The molecule has 1 fully saturated rings. The molecule has 4 unspecified atom stereocenters. The van der Waals surface area contributed by atoms with E-state index in [2.05, 4.69) is 33.0 Å². The fraction of sp³-hybridized carbons (Fsp3) is 1.00. The van der Waals surface area contributed by atoms with Gasteiger partial charge in [-0.2, -0.15) is 0 Å². The largest absolute Gasteiger partial charge is 0.377 e. The molecule has 0 aromatic rings. The van der Waals surface area contributed by atoms with E-state index in [1.165, 1.54) is 38.5 Å². The Balaban J connectivity index is 2.64. The minimum Gasteiger partial charge on any atom is -0.377 e. The second-order valence-electron chi connectivity index (χ2n) is 6.08. The third kappa shape index (κ3) is 5.43. The molecule has 4 atom stereocenters. The van der Waals surface area contributed by atoms with Crippen LogP contribution < -0.4 is 5.32 Å². The van der Waals surface area contributed by atoms with Gasteiger partial charge in [-0.1, -0.05) is 40.0 Å². The van der Waals surface area contributed by atoms with Crippen molar-refractivity contribution in [2.24, 2.45) is 11.8 Å². The van der Waals surface area contributed by atoms with E-state index in [9.17, 15) is 0 Å². The van der Waals surface area contributed by atoms with Gasteiger partial charge in [-0.3, -0.25) is 0 Å². The van der Waals surface area contributed by atoms with Crippen LogP contribution in [0, 0.1) is 11.8 Å². The molecule has 1 aliphatic carbocycles. The van der Waals surface area contributed by atoms with Crippen LogP contribution in [0.15, 0.2) is 0 Å². The van der Waals surface area contributed by atoms with E-state index in [0.29, 0.717) is 12.1 Å². The summed E-state index contributed by atoms with van der Waals surface area (Å²) in [6.45, 7) is 11.0. The maximum absolute atomic E-state index is 6.01. The van der Waals surface area contributed by atoms with Crippen molar-refractivity contribution in [1.29, 1.82) is 0 Å². The van der Waals surface area contributed by atoms with E-state index in [-0.39, 0.29) is 0 Å². The van der Waals surface area contributed by atoms with Crippen molar-refractivity contribution in [1.82, 2.24) is 5.32 Å². The molecule has 0 radical (unpaired) electrons. The lowest BCUT2D eigenvalue weighted by molar-refractivity contribution is 0.00516. The number of hydrogen-bond donors (Lipinski definition) is 1. The fourth-order valence-electron chi connectivity index (χ4n) is 3.63. The Bertz CT molecular complexity index is 219. The van der Waals surface area contributed by atoms with Gasteiger partial charge < -0.3 is 10.1 Å². The number of rotatable bonds is 9. The van der Waals surface area contributed by atoms with E-state index in [4.69, 9.17) is 4.74 Å². The zero-order valence-electron chi connectivity index (χ0n) is 13.6. The zero-order valence-corrected chi connectivity index (χ0v) is 13.6. The van der Waals surface area contributed by atoms with Crippen LogP contribution in [-0.4, -0.2) is 25.3 Å². The summed E-state index contributed by atoms with van der Waals surface area (Å²) in [7, 11) is 0. The Kier molecular flexibility index (Phi) is 8.72. The van der Waals surface area contributed by atoms with Gasteiger partial charge in [0.25, 0.3) is 0 Å². The Labute approximate surface area is 120 Å². The Morgan fingerprint density at radius 1 is 1.16 bits per heavy atom. The highest BCUT2D eigenvalue weighted by Crippen LogP contribution is 2.34. The maximum atomic E-state index is 6.01. The first-order chi connectivity index (χ1) is 9.26. The molecular formula is C17H35NO. The van der Waals surface area contributed by atoms with Crippen LogP contribution in [0.4, 0.5) is 0 Å². The van der Waals surface area contributed by atoms with Gasteiger partial charge in [-0.15, -0.1) is 0 Å². The monoisotopic (exact) mass is 269 g/mol. The minimum atomic E-state index is 0.400. The average molecular weight is 269 g/mol. The molecule has 114 valence electrons. The van der Waals surface area contributed by atoms with Gasteiger partial charge in [0.15, 0.2) is 0 Å². The van der Waals surface area contributed by atoms with Crippen molar-refractivity contribution in [2.75, 3.05) is 13.2 Å². The van der Waals surface area contributed by atoms with E-state index in [1.54, 1.807) is 0 Å². The first-order valence-electron chi connectivity index (χ1n) is 8.61. The number of ether oxygens (including phenoxy) is 1. The standard InChI is InChI=1S/C17H35NO/c1-5-12-18-17(16(7-3)19-8-4)15-11-9-10-14(6-2)13-15/h14-18H,5-13H2,1-4H3. The summed E-state index contributed by atoms with van der Waals surface area (Å²) in [6, 6.07) is 0.569. The van der Waals surface area contributed by atoms with Gasteiger partial charge in [0.1, 0.15) is 0 Å². The lowest BCUT2D eigenvalue weighted by atomic mass is 9.75. The normalized spacial score (nSPS) is 27.2. The Hall–Kier alpha value is -0.0800. The van der Waals surface area contributed by atoms with E-state index in [1.807, 2.05) is 0 Å². The fourth-order valence-corrected chi connectivity index (χ4v) is 3.63. The molecule has 0 amide bonds. The summed E-state index contributed by atoms with van der Waals surface area (Å²) >= 11 is 0. The molecule has 1 aliphatic rings. The molecule has 19 heavy (non-hydrogen) atoms. The molecule has 2 nitrogen and oxygen atoms in total. The van der Waals surface area contributed by atoms with Gasteiger partial charge in [0.05, 0.1) is 6.10 Å². The lowest BCUT2D eigenvalue weighted by Gasteiger charge is -2.38. The van der Waals surface area contributed by atoms with Gasteiger partial charge in [0, 0.05) is 12.6 Å². The molecule has 0 spiro atoms. The highest BCUT2D eigenvalue weighted by Gasteiger charge is 2.32. The van der Waals surface area contributed by atoms with Crippen LogP contribution >= 0.6 is 0 Å². The second kappa shape index (κ2) is 9.77. The molecular weight excluding hydrogens is 234 g/mol. The molecule has 1 saturated carbocycles. The first kappa shape index (κ1) is 17.0. The highest BCUT2D eigenvalue weighted by molar-refractivity contribution is 4.87. The predicted molar refractivity (Wildman–Crippen MR) is 83.5 cm³/mol. The molecule has 0 aromatic carbocycles. The lowest BCUT2D eigenvalue weighted by Crippen LogP contribution is -2.48. The Morgan fingerprint density at radius 3 is 2.53 bits per heavy atom. The minimum absolute atomic E-state index is 0.400. The predicted octanol–water partition coefficient (Wildman–Crippen LogP) is 4.39. The van der Waals surface area contributed by atoms with Crippen LogP contribution in [0.3, 0.4) is 0 Å². The van der Waals surface area contributed by atoms with Crippen molar-refractivity contribution < 1.29 is 4.74 Å². The van der Waals surface area contributed by atoms with Crippen LogP contribution in [0.1, 0.15) is 72.6 Å². The van der Waals surface area contributed by atoms with Crippen LogP contribution in [0.2, 0.25) is 0 Å². The van der Waals surface area contributed by atoms with Gasteiger partial charge in [-0.05, 0) is 51.0 Å². The van der Waals surface area contributed by atoms with Crippen molar-refractivity contribution in [3.05, 3.63) is 0 Å². The van der Waals surface area contributed by atoms with E-state index in [0.717, 1.165) is 31.4 Å². The smallest absolute Gasteiger partial charge is 0.0727 e. The third-order valence-corrected chi connectivity index (χ3v) is 4.72. The summed E-state index contributed by atoms with van der Waals surface area (Å²) in [4.78, 5) is 0. The topological polar surface area (TPSA) is 21.3 Å². The summed E-state index contributed by atoms with van der Waals surface area (Å²) < 4.78 is 6.01. The van der Waals surface area contributed by atoms with Gasteiger partial charge in [0.2, 0.25) is 0 Å². The SMILES string of the molecule is CCCNC(C1CCCC(CC)C1)C(CC)OCC. The van der Waals surface area contributed by atoms with E-state index < -0.39 is 0 Å². The third-order valence-electron chi connectivity index (χ3n) is 4.72. The van der Waals surface area contributed by atoms with Crippen LogP contribution in [-0.2, 0) is 4.74 Å². The molecule has 2 heteroatoms. The molecule has 0 saturated heterocycles. The molecule has 0 heterocycles. The van der Waals surface area contributed by atoms with Gasteiger partial charge in [-0.25, -0.2) is 0 Å². The van der Waals surface area contributed by atoms with E-state index >= 15 is 0 Å². The quantitative estimate of drug-likeness (QED) is 0.670.